The molecule has 1 aromatic carbocycles. The van der Waals surface area contributed by atoms with Crippen LogP contribution in [-0.2, 0) is 10.3 Å². The van der Waals surface area contributed by atoms with E-state index >= 15 is 0 Å². The van der Waals surface area contributed by atoms with Crippen LogP contribution in [0.2, 0.25) is 4.34 Å². The minimum Gasteiger partial charge on any atom is -0.319 e. The number of Topliss-reactive ketones (excluding diaryl/α,β-unsaturated/α-hetero) is 1. The second-order valence-corrected chi connectivity index (χ2v) is 7.19. The summed E-state index contributed by atoms with van der Waals surface area (Å²) in [5, 5.41) is 2.76. The maximum Gasteiger partial charge on any atom is 0.325 e. The number of ketones is 1. The molecule has 0 aliphatic carbocycles. The Bertz CT molecular complexity index is 805. The molecule has 0 spiro atoms. The van der Waals surface area contributed by atoms with Crippen LogP contribution in [0.3, 0.4) is 0 Å². The van der Waals surface area contributed by atoms with E-state index in [2.05, 4.69) is 5.32 Å². The van der Waals surface area contributed by atoms with Crippen molar-refractivity contribution in [3.8, 4) is 0 Å². The molecule has 124 valence electrons. The number of carbonyl (C=O) groups is 3. The first-order valence-corrected chi connectivity index (χ1v) is 8.65. The highest BCUT2D eigenvalue weighted by atomic mass is 35.5. The van der Waals surface area contributed by atoms with Gasteiger partial charge in [-0.25, -0.2) is 4.79 Å². The summed E-state index contributed by atoms with van der Waals surface area (Å²) in [7, 11) is 0. The number of nitrogens with one attached hydrogen (secondary N) is 1. The second-order valence-electron chi connectivity index (χ2n) is 5.47. The first-order valence-electron chi connectivity index (χ1n) is 7.46. The van der Waals surface area contributed by atoms with Gasteiger partial charge in [-0.05, 0) is 24.1 Å². The maximum atomic E-state index is 12.9. The van der Waals surface area contributed by atoms with Crippen LogP contribution in [0.1, 0.15) is 28.6 Å². The van der Waals surface area contributed by atoms with Gasteiger partial charge in [0.25, 0.3) is 5.91 Å². The highest BCUT2D eigenvalue weighted by molar-refractivity contribution is 7.18. The Hall–Kier alpha value is -2.18. The molecule has 0 saturated carbocycles. The fourth-order valence-corrected chi connectivity index (χ4v) is 3.79. The van der Waals surface area contributed by atoms with Crippen molar-refractivity contribution in [1.29, 1.82) is 0 Å². The van der Waals surface area contributed by atoms with E-state index in [1.54, 1.807) is 24.3 Å². The summed E-state index contributed by atoms with van der Waals surface area (Å²) in [5.74, 6) is -0.715. The fourth-order valence-electron chi connectivity index (χ4n) is 2.82. The molecule has 1 N–H and O–H groups in total. The third kappa shape index (κ3) is 2.72. The molecule has 1 saturated heterocycles. The zero-order valence-electron chi connectivity index (χ0n) is 12.9. The van der Waals surface area contributed by atoms with Crippen LogP contribution in [0.15, 0.2) is 42.5 Å². The molecule has 24 heavy (non-hydrogen) atoms. The number of hydrogen-bond acceptors (Lipinski definition) is 4. The van der Waals surface area contributed by atoms with Gasteiger partial charge < -0.3 is 5.32 Å². The smallest absolute Gasteiger partial charge is 0.319 e. The van der Waals surface area contributed by atoms with Crippen LogP contribution in [0.5, 0.6) is 0 Å². The number of rotatable bonds is 5. The number of thiophene rings is 1. The third-order valence-electron chi connectivity index (χ3n) is 4.12. The van der Waals surface area contributed by atoms with Gasteiger partial charge in [-0.15, -0.1) is 11.3 Å². The van der Waals surface area contributed by atoms with E-state index in [0.29, 0.717) is 21.2 Å². The van der Waals surface area contributed by atoms with Gasteiger partial charge in [-0.1, -0.05) is 48.9 Å². The van der Waals surface area contributed by atoms with Gasteiger partial charge in [0, 0.05) is 0 Å². The SMILES string of the molecule is CC[C@]1(c2ccccc2)NC(=O)N(CC(=O)c2ccc(Cl)s2)C1=O. The molecule has 3 amide bonds. The highest BCUT2D eigenvalue weighted by Gasteiger charge is 2.51. The normalized spacial score (nSPS) is 20.3. The van der Waals surface area contributed by atoms with E-state index in [1.807, 2.05) is 25.1 Å². The van der Waals surface area contributed by atoms with Crippen molar-refractivity contribution in [2.24, 2.45) is 0 Å². The Kier molecular flexibility index (Phi) is 4.43. The van der Waals surface area contributed by atoms with Crippen LogP contribution in [0.25, 0.3) is 0 Å². The van der Waals surface area contributed by atoms with E-state index in [9.17, 15) is 14.4 Å². The summed E-state index contributed by atoms with van der Waals surface area (Å²) in [6.45, 7) is 1.53. The summed E-state index contributed by atoms with van der Waals surface area (Å²) < 4.78 is 0.489. The molecule has 0 unspecified atom stereocenters. The van der Waals surface area contributed by atoms with Crippen molar-refractivity contribution in [3.05, 3.63) is 57.2 Å². The molecule has 1 aromatic heterocycles. The van der Waals surface area contributed by atoms with Gasteiger partial charge in [0.1, 0.15) is 5.54 Å². The molecular weight excluding hydrogens is 348 g/mol. The standard InChI is InChI=1S/C17H15ClN2O3S/c1-2-17(11-6-4-3-5-7-11)15(22)20(16(23)19-17)10-12(21)13-8-9-14(18)24-13/h3-9H,2,10H2,1H3,(H,19,23)/t17-/m1/s1. The van der Waals surface area contributed by atoms with Gasteiger partial charge in [0.2, 0.25) is 0 Å². The van der Waals surface area contributed by atoms with E-state index < -0.39 is 17.5 Å². The van der Waals surface area contributed by atoms with E-state index in [4.69, 9.17) is 11.6 Å². The number of hydrogen-bond donors (Lipinski definition) is 1. The molecule has 1 fully saturated rings. The highest BCUT2D eigenvalue weighted by Crippen LogP contribution is 2.32. The van der Waals surface area contributed by atoms with Crippen LogP contribution in [0.4, 0.5) is 4.79 Å². The van der Waals surface area contributed by atoms with Crippen molar-refractivity contribution in [1.82, 2.24) is 10.2 Å². The Morgan fingerprint density at radius 1 is 1.21 bits per heavy atom. The van der Waals surface area contributed by atoms with Crippen LogP contribution in [0, 0.1) is 0 Å². The van der Waals surface area contributed by atoms with Gasteiger partial charge in [-0.3, -0.25) is 14.5 Å². The average Bonchev–Trinajstić information content (AvgIpc) is 3.13. The van der Waals surface area contributed by atoms with Gasteiger partial charge in [0.15, 0.2) is 5.78 Å². The predicted molar refractivity (Wildman–Crippen MR) is 92.3 cm³/mol. The Balaban J connectivity index is 1.87. The van der Waals surface area contributed by atoms with Crippen molar-refractivity contribution in [2.45, 2.75) is 18.9 Å². The summed E-state index contributed by atoms with van der Waals surface area (Å²) in [5.41, 5.74) is -0.411. The predicted octanol–water partition coefficient (Wildman–Crippen LogP) is 3.44. The van der Waals surface area contributed by atoms with E-state index in [0.717, 1.165) is 16.2 Å². The molecule has 7 heteroatoms. The minimum atomic E-state index is -1.12. The Morgan fingerprint density at radius 2 is 1.92 bits per heavy atom. The van der Waals surface area contributed by atoms with Crippen molar-refractivity contribution in [3.63, 3.8) is 0 Å². The number of imide groups is 1. The average molecular weight is 363 g/mol. The maximum absolute atomic E-state index is 12.9. The number of carbonyl (C=O) groups excluding carboxylic acids is 3. The molecule has 2 aromatic rings. The lowest BCUT2D eigenvalue weighted by atomic mass is 9.87. The number of nitrogens with zero attached hydrogens (tertiary/aromatic N) is 1. The van der Waals surface area contributed by atoms with Crippen molar-refractivity contribution >= 4 is 40.7 Å². The van der Waals surface area contributed by atoms with Gasteiger partial charge in [0.05, 0.1) is 15.8 Å². The molecule has 2 heterocycles. The number of urea groups is 1. The van der Waals surface area contributed by atoms with Crippen molar-refractivity contribution in [2.75, 3.05) is 6.54 Å². The molecule has 0 radical (unpaired) electrons. The molecule has 3 rings (SSSR count). The lowest BCUT2D eigenvalue weighted by Gasteiger charge is -2.25. The molecular formula is C17H15ClN2O3S. The van der Waals surface area contributed by atoms with E-state index in [1.165, 1.54) is 0 Å². The lowest BCUT2D eigenvalue weighted by molar-refractivity contribution is -0.131. The van der Waals surface area contributed by atoms with E-state index in [-0.39, 0.29) is 12.3 Å². The first-order chi connectivity index (χ1) is 11.5. The summed E-state index contributed by atoms with van der Waals surface area (Å²) >= 11 is 6.96. The Morgan fingerprint density at radius 3 is 2.50 bits per heavy atom. The van der Waals surface area contributed by atoms with Gasteiger partial charge in [-0.2, -0.15) is 0 Å². The monoisotopic (exact) mass is 362 g/mol. The fraction of sp³-hybridized carbons (Fsp3) is 0.235. The first kappa shape index (κ1) is 16.7. The lowest BCUT2D eigenvalue weighted by Crippen LogP contribution is -2.43. The number of benzene rings is 1. The van der Waals surface area contributed by atoms with Crippen molar-refractivity contribution < 1.29 is 14.4 Å². The largest absolute Gasteiger partial charge is 0.325 e. The van der Waals surface area contributed by atoms with Gasteiger partial charge >= 0.3 is 6.03 Å². The topological polar surface area (TPSA) is 66.5 Å². The quantitative estimate of drug-likeness (QED) is 0.654. The molecule has 5 nitrogen and oxygen atoms in total. The number of amides is 3. The zero-order chi connectivity index (χ0) is 17.3. The van der Waals surface area contributed by atoms with Crippen LogP contribution < -0.4 is 5.32 Å². The molecule has 1 aliphatic rings. The Labute approximate surface area is 148 Å². The molecule has 0 bridgehead atoms. The number of halogens is 1. The molecule has 1 atom stereocenters. The third-order valence-corrected chi connectivity index (χ3v) is 5.39. The second kappa shape index (κ2) is 6.37. The summed E-state index contributed by atoms with van der Waals surface area (Å²) in [4.78, 5) is 39.0. The zero-order valence-corrected chi connectivity index (χ0v) is 14.5. The van der Waals surface area contributed by atoms with Crippen LogP contribution in [-0.4, -0.2) is 29.2 Å². The van der Waals surface area contributed by atoms with Crippen LogP contribution >= 0.6 is 22.9 Å². The summed E-state index contributed by atoms with van der Waals surface area (Å²) in [6, 6.07) is 11.7. The molecule has 1 aliphatic heterocycles. The minimum absolute atomic E-state index is 0.296. The summed E-state index contributed by atoms with van der Waals surface area (Å²) in [6.07, 6.45) is 0.400.